The number of fused-ring (bicyclic) bond motifs is 1. The lowest BCUT2D eigenvalue weighted by molar-refractivity contribution is -0.128. The summed E-state index contributed by atoms with van der Waals surface area (Å²) >= 11 is 1.33. The van der Waals surface area contributed by atoms with Gasteiger partial charge in [-0.05, 0) is 72.4 Å². The average Bonchev–Trinajstić information content (AvgIpc) is 3.16. The number of carbonyl (C=O) groups is 2. The Hall–Kier alpha value is -2.66. The van der Waals surface area contributed by atoms with Gasteiger partial charge < -0.3 is 9.84 Å². The Bertz CT molecular complexity index is 1120. The molecule has 5 heteroatoms. The highest BCUT2D eigenvalue weighted by Crippen LogP contribution is 2.31. The summed E-state index contributed by atoms with van der Waals surface area (Å²) < 4.78 is 6.82. The number of ether oxygens (including phenoxy) is 1. The van der Waals surface area contributed by atoms with E-state index >= 15 is 0 Å². The summed E-state index contributed by atoms with van der Waals surface area (Å²) in [6.45, 7) is 10.0. The van der Waals surface area contributed by atoms with Crippen LogP contribution in [0.5, 0.6) is 5.75 Å². The standard InChI is InChI=1S/C27H32O4S/c1-6-19(9-7-18-8-10-21-15-24(26(29)30)32-23(21)14-18)20-11-12-22(17(2)13-20)31-16-25(28)27(3,4)5/h8,10-15,19H,6-7,9,16H2,1-5H3,(H,29,30). The second kappa shape index (κ2) is 9.86. The van der Waals surface area contributed by atoms with Crippen LogP contribution < -0.4 is 4.74 Å². The number of carboxylic acids is 1. The minimum absolute atomic E-state index is 0.0885. The quantitative estimate of drug-likeness (QED) is 0.378. The number of hydrogen-bond acceptors (Lipinski definition) is 4. The van der Waals surface area contributed by atoms with Gasteiger partial charge in [-0.25, -0.2) is 4.79 Å². The minimum atomic E-state index is -0.871. The van der Waals surface area contributed by atoms with Crippen molar-refractivity contribution in [2.45, 2.75) is 59.8 Å². The average molecular weight is 453 g/mol. The van der Waals surface area contributed by atoms with Crippen LogP contribution in [-0.4, -0.2) is 23.5 Å². The number of carbonyl (C=O) groups excluding carboxylic acids is 1. The van der Waals surface area contributed by atoms with Crippen LogP contribution in [0.1, 0.15) is 72.8 Å². The van der Waals surface area contributed by atoms with Gasteiger partial charge in [0.15, 0.2) is 5.78 Å². The molecule has 3 aromatic rings. The monoisotopic (exact) mass is 452 g/mol. The van der Waals surface area contributed by atoms with Gasteiger partial charge >= 0.3 is 5.97 Å². The van der Waals surface area contributed by atoms with Crippen molar-refractivity contribution in [3.63, 3.8) is 0 Å². The van der Waals surface area contributed by atoms with Crippen LogP contribution in [0.2, 0.25) is 0 Å². The van der Waals surface area contributed by atoms with Crippen LogP contribution in [-0.2, 0) is 11.2 Å². The first-order valence-corrected chi connectivity index (χ1v) is 11.9. The van der Waals surface area contributed by atoms with Crippen LogP contribution in [0.25, 0.3) is 10.1 Å². The van der Waals surface area contributed by atoms with Gasteiger partial charge in [-0.2, -0.15) is 0 Å². The Morgan fingerprint density at radius 1 is 1.09 bits per heavy atom. The molecule has 1 N–H and O–H groups in total. The SMILES string of the molecule is CCC(CCc1ccc2cc(C(=O)O)sc2c1)c1ccc(OCC(=O)C(C)(C)C)c(C)c1. The third-order valence-electron chi connectivity index (χ3n) is 5.94. The highest BCUT2D eigenvalue weighted by molar-refractivity contribution is 7.20. The summed E-state index contributed by atoms with van der Waals surface area (Å²) in [6, 6.07) is 14.2. The molecule has 0 radical (unpaired) electrons. The molecule has 0 spiro atoms. The summed E-state index contributed by atoms with van der Waals surface area (Å²) in [5, 5.41) is 10.2. The summed E-state index contributed by atoms with van der Waals surface area (Å²) in [6.07, 6.45) is 2.99. The van der Waals surface area contributed by atoms with Crippen LogP contribution in [0.3, 0.4) is 0 Å². The van der Waals surface area contributed by atoms with E-state index in [0.717, 1.165) is 40.7 Å². The molecule has 170 valence electrons. The van der Waals surface area contributed by atoms with Gasteiger partial charge in [-0.1, -0.05) is 52.0 Å². The van der Waals surface area contributed by atoms with E-state index in [1.807, 2.05) is 39.8 Å². The van der Waals surface area contributed by atoms with E-state index in [1.54, 1.807) is 6.07 Å². The van der Waals surface area contributed by atoms with Gasteiger partial charge in [-0.3, -0.25) is 4.79 Å². The van der Waals surface area contributed by atoms with Gasteiger partial charge in [0.25, 0.3) is 0 Å². The zero-order valence-corrected chi connectivity index (χ0v) is 20.3. The second-order valence-electron chi connectivity index (χ2n) is 9.42. The summed E-state index contributed by atoms with van der Waals surface area (Å²) in [7, 11) is 0. The Morgan fingerprint density at radius 3 is 2.47 bits per heavy atom. The third kappa shape index (κ3) is 5.77. The molecule has 0 saturated heterocycles. The number of hydrogen-bond donors (Lipinski definition) is 1. The Labute approximate surface area is 194 Å². The molecule has 0 aliphatic heterocycles. The van der Waals surface area contributed by atoms with E-state index in [9.17, 15) is 14.7 Å². The molecule has 0 aliphatic rings. The molecule has 0 aliphatic carbocycles. The summed E-state index contributed by atoms with van der Waals surface area (Å²) in [5.74, 6) is 0.404. The number of aryl methyl sites for hydroxylation is 2. The maximum atomic E-state index is 12.2. The topological polar surface area (TPSA) is 63.6 Å². The molecule has 1 atom stereocenters. The molecule has 0 amide bonds. The Morgan fingerprint density at radius 2 is 1.84 bits per heavy atom. The first kappa shape index (κ1) is 24.0. The van der Waals surface area contributed by atoms with Crippen LogP contribution in [0.4, 0.5) is 0 Å². The molecule has 0 saturated carbocycles. The van der Waals surface area contributed by atoms with Crippen molar-refractivity contribution in [3.05, 3.63) is 64.0 Å². The number of rotatable bonds is 9. The Kier molecular flexibility index (Phi) is 7.40. The van der Waals surface area contributed by atoms with E-state index < -0.39 is 11.4 Å². The van der Waals surface area contributed by atoms with Crippen molar-refractivity contribution in [1.82, 2.24) is 0 Å². The van der Waals surface area contributed by atoms with E-state index in [1.165, 1.54) is 22.5 Å². The van der Waals surface area contributed by atoms with Crippen molar-refractivity contribution in [2.75, 3.05) is 6.61 Å². The number of benzene rings is 2. The molecule has 1 heterocycles. The highest BCUT2D eigenvalue weighted by Gasteiger charge is 2.22. The minimum Gasteiger partial charge on any atom is -0.486 e. The molecule has 2 aromatic carbocycles. The fourth-order valence-corrected chi connectivity index (χ4v) is 4.70. The van der Waals surface area contributed by atoms with Crippen LogP contribution in [0.15, 0.2) is 42.5 Å². The van der Waals surface area contributed by atoms with Gasteiger partial charge in [0.05, 0.1) is 0 Å². The fourth-order valence-electron chi connectivity index (χ4n) is 3.73. The van der Waals surface area contributed by atoms with Crippen molar-refractivity contribution < 1.29 is 19.4 Å². The first-order chi connectivity index (χ1) is 15.1. The van der Waals surface area contributed by atoms with E-state index in [-0.39, 0.29) is 12.4 Å². The van der Waals surface area contributed by atoms with Gasteiger partial charge in [0.2, 0.25) is 0 Å². The van der Waals surface area contributed by atoms with Gasteiger partial charge in [0, 0.05) is 10.1 Å². The van der Waals surface area contributed by atoms with E-state index in [0.29, 0.717) is 10.8 Å². The molecule has 1 aromatic heterocycles. The summed E-state index contributed by atoms with van der Waals surface area (Å²) in [5.41, 5.74) is 3.16. The fraction of sp³-hybridized carbons (Fsp3) is 0.407. The van der Waals surface area contributed by atoms with Crippen molar-refractivity contribution in [3.8, 4) is 5.75 Å². The predicted octanol–water partition coefficient (Wildman–Crippen LogP) is 7.03. The molecular formula is C27H32O4S. The third-order valence-corrected chi connectivity index (χ3v) is 7.02. The lowest BCUT2D eigenvalue weighted by Crippen LogP contribution is -2.26. The molecular weight excluding hydrogens is 420 g/mol. The number of thiophene rings is 1. The summed E-state index contributed by atoms with van der Waals surface area (Å²) in [4.78, 5) is 23.8. The first-order valence-electron chi connectivity index (χ1n) is 11.1. The zero-order chi connectivity index (χ0) is 23.5. The zero-order valence-electron chi connectivity index (χ0n) is 19.5. The predicted molar refractivity (Wildman–Crippen MR) is 131 cm³/mol. The van der Waals surface area contributed by atoms with Crippen LogP contribution in [0, 0.1) is 12.3 Å². The number of ketones is 1. The smallest absolute Gasteiger partial charge is 0.345 e. The largest absolute Gasteiger partial charge is 0.486 e. The number of Topliss-reactive ketones (excluding diaryl/α,β-unsaturated/α-hetero) is 1. The molecule has 4 nitrogen and oxygen atoms in total. The number of aromatic carboxylic acids is 1. The van der Waals surface area contributed by atoms with Crippen molar-refractivity contribution in [1.29, 1.82) is 0 Å². The maximum absolute atomic E-state index is 12.2. The van der Waals surface area contributed by atoms with Gasteiger partial charge in [0.1, 0.15) is 17.2 Å². The highest BCUT2D eigenvalue weighted by atomic mass is 32.1. The molecule has 0 bridgehead atoms. The van der Waals surface area contributed by atoms with Crippen molar-refractivity contribution in [2.24, 2.45) is 5.41 Å². The van der Waals surface area contributed by atoms with E-state index in [4.69, 9.17) is 4.74 Å². The normalized spacial score (nSPS) is 12.7. The molecule has 1 unspecified atom stereocenters. The molecule has 0 fully saturated rings. The van der Waals surface area contributed by atoms with Crippen LogP contribution >= 0.6 is 11.3 Å². The lowest BCUT2D eigenvalue weighted by atomic mass is 9.89. The lowest BCUT2D eigenvalue weighted by Gasteiger charge is -2.19. The van der Waals surface area contributed by atoms with Crippen molar-refractivity contribution >= 4 is 33.2 Å². The van der Waals surface area contributed by atoms with Gasteiger partial charge in [-0.15, -0.1) is 11.3 Å². The molecule has 3 rings (SSSR count). The molecule has 32 heavy (non-hydrogen) atoms. The van der Waals surface area contributed by atoms with E-state index in [2.05, 4.69) is 31.2 Å². The second-order valence-corrected chi connectivity index (χ2v) is 10.5. The maximum Gasteiger partial charge on any atom is 0.345 e. The number of carboxylic acid groups (broad SMARTS) is 1. The Balaban J connectivity index is 1.66.